The van der Waals surface area contributed by atoms with E-state index in [2.05, 4.69) is 56.9 Å². The quantitative estimate of drug-likeness (QED) is 0.809. The van der Waals surface area contributed by atoms with Crippen LogP contribution in [0.4, 0.5) is 0 Å². The molecule has 0 amide bonds. The van der Waals surface area contributed by atoms with Gasteiger partial charge in [0, 0.05) is 6.42 Å². The highest BCUT2D eigenvalue weighted by atomic mass is 16.1. The summed E-state index contributed by atoms with van der Waals surface area (Å²) in [7, 11) is 0. The standard InChI is InChI=1S/C19H29NO/c1-15(2)17-10-8-16(9-11-17)14-18(21)19(3,4)20-12-6-5-7-13-20/h8-11,15H,5-7,12-14H2,1-4H3. The summed E-state index contributed by atoms with van der Waals surface area (Å²) in [5.74, 6) is 0.876. The highest BCUT2D eigenvalue weighted by molar-refractivity contribution is 5.89. The molecule has 21 heavy (non-hydrogen) atoms. The summed E-state index contributed by atoms with van der Waals surface area (Å²) in [6.07, 6.45) is 4.29. The van der Waals surface area contributed by atoms with Gasteiger partial charge >= 0.3 is 0 Å². The van der Waals surface area contributed by atoms with Crippen LogP contribution in [0.2, 0.25) is 0 Å². The van der Waals surface area contributed by atoms with E-state index in [0.717, 1.165) is 18.7 Å². The van der Waals surface area contributed by atoms with Crippen LogP contribution in [-0.2, 0) is 11.2 Å². The Balaban J connectivity index is 2.02. The molecule has 0 bridgehead atoms. The molecule has 0 radical (unpaired) electrons. The second-order valence-corrected chi connectivity index (χ2v) is 7.10. The van der Waals surface area contributed by atoms with Gasteiger partial charge in [0.05, 0.1) is 5.54 Å². The predicted molar refractivity (Wildman–Crippen MR) is 88.7 cm³/mol. The van der Waals surface area contributed by atoms with Crippen LogP contribution >= 0.6 is 0 Å². The van der Waals surface area contributed by atoms with Gasteiger partial charge in [-0.3, -0.25) is 9.69 Å². The minimum atomic E-state index is -0.336. The molecule has 0 aliphatic carbocycles. The summed E-state index contributed by atoms with van der Waals surface area (Å²) in [6, 6.07) is 8.53. The van der Waals surface area contributed by atoms with Gasteiger partial charge in [-0.05, 0) is 56.8 Å². The molecule has 1 aliphatic rings. The summed E-state index contributed by atoms with van der Waals surface area (Å²) in [4.78, 5) is 15.1. The van der Waals surface area contributed by atoms with Crippen LogP contribution in [0.25, 0.3) is 0 Å². The Labute approximate surface area is 129 Å². The number of likely N-dealkylation sites (tertiary alicyclic amines) is 1. The third kappa shape index (κ3) is 3.94. The number of hydrogen-bond donors (Lipinski definition) is 0. The third-order valence-electron chi connectivity index (χ3n) is 4.84. The van der Waals surface area contributed by atoms with E-state index in [-0.39, 0.29) is 5.54 Å². The van der Waals surface area contributed by atoms with Crippen molar-refractivity contribution in [2.24, 2.45) is 0 Å². The van der Waals surface area contributed by atoms with E-state index in [1.165, 1.54) is 24.8 Å². The predicted octanol–water partition coefficient (Wildman–Crippen LogP) is 4.19. The molecule has 1 saturated heterocycles. The van der Waals surface area contributed by atoms with Crippen LogP contribution in [0, 0.1) is 0 Å². The van der Waals surface area contributed by atoms with E-state index in [4.69, 9.17) is 0 Å². The first-order chi connectivity index (χ1) is 9.91. The van der Waals surface area contributed by atoms with Crippen molar-refractivity contribution in [1.29, 1.82) is 0 Å². The monoisotopic (exact) mass is 287 g/mol. The van der Waals surface area contributed by atoms with Gasteiger partial charge in [-0.25, -0.2) is 0 Å². The van der Waals surface area contributed by atoms with E-state index in [1.54, 1.807) is 0 Å². The summed E-state index contributed by atoms with van der Waals surface area (Å²) in [6.45, 7) is 10.7. The molecule has 1 aromatic carbocycles. The van der Waals surface area contributed by atoms with Gasteiger partial charge in [0.15, 0.2) is 5.78 Å². The zero-order chi connectivity index (χ0) is 15.5. The van der Waals surface area contributed by atoms with Gasteiger partial charge in [-0.1, -0.05) is 44.5 Å². The number of carbonyl (C=O) groups excluding carboxylic acids is 1. The Hall–Kier alpha value is -1.15. The first-order valence-corrected chi connectivity index (χ1v) is 8.28. The van der Waals surface area contributed by atoms with Crippen molar-refractivity contribution >= 4 is 5.78 Å². The van der Waals surface area contributed by atoms with Gasteiger partial charge in [0.1, 0.15) is 0 Å². The van der Waals surface area contributed by atoms with Crippen molar-refractivity contribution in [3.8, 4) is 0 Å². The largest absolute Gasteiger partial charge is 0.297 e. The van der Waals surface area contributed by atoms with Crippen molar-refractivity contribution in [1.82, 2.24) is 4.90 Å². The topological polar surface area (TPSA) is 20.3 Å². The zero-order valence-corrected chi connectivity index (χ0v) is 14.0. The number of carbonyl (C=O) groups is 1. The maximum absolute atomic E-state index is 12.7. The minimum absolute atomic E-state index is 0.335. The lowest BCUT2D eigenvalue weighted by atomic mass is 9.89. The summed E-state index contributed by atoms with van der Waals surface area (Å²) in [5.41, 5.74) is 2.13. The molecule has 1 heterocycles. The van der Waals surface area contributed by atoms with Gasteiger partial charge in [0.2, 0.25) is 0 Å². The fourth-order valence-electron chi connectivity index (χ4n) is 3.05. The van der Waals surface area contributed by atoms with Crippen molar-refractivity contribution in [2.75, 3.05) is 13.1 Å². The van der Waals surface area contributed by atoms with Gasteiger partial charge < -0.3 is 0 Å². The van der Waals surface area contributed by atoms with Gasteiger partial charge in [-0.2, -0.15) is 0 Å². The Bertz CT molecular complexity index is 467. The van der Waals surface area contributed by atoms with Crippen LogP contribution in [0.3, 0.4) is 0 Å². The molecular formula is C19H29NO. The van der Waals surface area contributed by atoms with E-state index >= 15 is 0 Å². The van der Waals surface area contributed by atoms with Crippen LogP contribution in [0.1, 0.15) is 64.0 Å². The van der Waals surface area contributed by atoms with Crippen molar-refractivity contribution < 1.29 is 4.79 Å². The fourth-order valence-corrected chi connectivity index (χ4v) is 3.05. The fraction of sp³-hybridized carbons (Fsp3) is 0.632. The molecule has 0 N–H and O–H groups in total. The van der Waals surface area contributed by atoms with Crippen molar-refractivity contribution in [2.45, 2.75) is 64.8 Å². The molecule has 0 atom stereocenters. The van der Waals surface area contributed by atoms with Crippen LogP contribution in [-0.4, -0.2) is 29.3 Å². The number of hydrogen-bond acceptors (Lipinski definition) is 2. The smallest absolute Gasteiger partial charge is 0.156 e. The molecule has 0 spiro atoms. The van der Waals surface area contributed by atoms with Gasteiger partial charge in [0.25, 0.3) is 0 Å². The number of piperidine rings is 1. The lowest BCUT2D eigenvalue weighted by Crippen LogP contribution is -2.52. The Morgan fingerprint density at radius 1 is 1.10 bits per heavy atom. The maximum atomic E-state index is 12.7. The first-order valence-electron chi connectivity index (χ1n) is 8.28. The van der Waals surface area contributed by atoms with E-state index in [0.29, 0.717) is 18.1 Å². The summed E-state index contributed by atoms with van der Waals surface area (Å²) >= 11 is 0. The van der Waals surface area contributed by atoms with E-state index in [1.807, 2.05) is 0 Å². The average Bonchev–Trinajstić information content (AvgIpc) is 2.48. The molecule has 1 aromatic rings. The molecule has 0 aromatic heterocycles. The third-order valence-corrected chi connectivity index (χ3v) is 4.84. The SMILES string of the molecule is CC(C)c1ccc(CC(=O)C(C)(C)N2CCCCC2)cc1. The van der Waals surface area contributed by atoms with Crippen molar-refractivity contribution in [3.05, 3.63) is 35.4 Å². The zero-order valence-electron chi connectivity index (χ0n) is 14.0. The molecule has 1 fully saturated rings. The molecule has 2 nitrogen and oxygen atoms in total. The van der Waals surface area contributed by atoms with Crippen molar-refractivity contribution in [3.63, 3.8) is 0 Å². The van der Waals surface area contributed by atoms with Crippen LogP contribution < -0.4 is 0 Å². The van der Waals surface area contributed by atoms with E-state index in [9.17, 15) is 4.79 Å². The first kappa shape index (κ1) is 16.2. The molecule has 2 heteroatoms. The number of nitrogens with zero attached hydrogens (tertiary/aromatic N) is 1. The van der Waals surface area contributed by atoms with E-state index < -0.39 is 0 Å². The lowest BCUT2D eigenvalue weighted by molar-refractivity contribution is -0.129. The van der Waals surface area contributed by atoms with Gasteiger partial charge in [-0.15, -0.1) is 0 Å². The summed E-state index contributed by atoms with van der Waals surface area (Å²) in [5, 5.41) is 0. The number of rotatable bonds is 5. The number of benzene rings is 1. The minimum Gasteiger partial charge on any atom is -0.297 e. The maximum Gasteiger partial charge on any atom is 0.156 e. The molecule has 1 aliphatic heterocycles. The average molecular weight is 287 g/mol. The molecular weight excluding hydrogens is 258 g/mol. The molecule has 2 rings (SSSR count). The molecule has 0 saturated carbocycles. The number of Topliss-reactive ketones (excluding diaryl/α,β-unsaturated/α-hetero) is 1. The van der Waals surface area contributed by atoms with Crippen LogP contribution in [0.5, 0.6) is 0 Å². The molecule has 0 unspecified atom stereocenters. The van der Waals surface area contributed by atoms with Crippen LogP contribution in [0.15, 0.2) is 24.3 Å². The highest BCUT2D eigenvalue weighted by Crippen LogP contribution is 2.23. The highest BCUT2D eigenvalue weighted by Gasteiger charge is 2.34. The lowest BCUT2D eigenvalue weighted by Gasteiger charge is -2.39. The Kier molecular flexibility index (Phi) is 5.21. The summed E-state index contributed by atoms with van der Waals surface area (Å²) < 4.78 is 0. The Morgan fingerprint density at radius 3 is 2.19 bits per heavy atom. The number of ketones is 1. The molecule has 116 valence electrons. The second-order valence-electron chi connectivity index (χ2n) is 7.10. The Morgan fingerprint density at radius 2 is 1.67 bits per heavy atom. The normalized spacial score (nSPS) is 17.2. The second kappa shape index (κ2) is 6.74.